The molecule has 0 radical (unpaired) electrons. The lowest BCUT2D eigenvalue weighted by Crippen LogP contribution is -2.36. The highest BCUT2D eigenvalue weighted by molar-refractivity contribution is 6.32. The third-order valence-electron chi connectivity index (χ3n) is 8.56. The molecule has 306 valence electrons. The van der Waals surface area contributed by atoms with Gasteiger partial charge in [-0.2, -0.15) is 10.5 Å². The number of esters is 1. The number of ether oxygens (including phenoxy) is 3. The number of nitro groups is 1. The molecule has 0 heterocycles. The van der Waals surface area contributed by atoms with Gasteiger partial charge in [0.1, 0.15) is 23.6 Å². The Bertz CT molecular complexity index is 1770. The minimum atomic E-state index is -1.01. The third-order valence-corrected chi connectivity index (χ3v) is 8.56. The molecule has 0 atom stereocenters. The number of hydrogen-bond donors (Lipinski definition) is 4. The van der Waals surface area contributed by atoms with Gasteiger partial charge >= 0.3 is 18.0 Å². The number of unbranched alkanes of at least 4 members (excludes halogenated alkanes) is 13. The molecule has 3 aromatic carbocycles. The molecule has 0 saturated carbocycles. The van der Waals surface area contributed by atoms with Crippen LogP contribution in [0.5, 0.6) is 11.5 Å². The SMILES string of the molecule is CCCCCCCCCCCCCCCCOc1ccc(OC(=O)NNc2cc(C#N)c(C#N)cc2C)cc1.CCOC(=O)C(=O)NNc1ccc([N+](=O)[O-])cc1. The number of nitro benzene ring substituents is 1. The normalized spacial score (nSPS) is 10.1. The number of benzene rings is 3. The highest BCUT2D eigenvalue weighted by Crippen LogP contribution is 2.21. The summed E-state index contributed by atoms with van der Waals surface area (Å²) in [5.41, 5.74) is 11.8. The van der Waals surface area contributed by atoms with Crippen molar-refractivity contribution in [3.63, 3.8) is 0 Å². The van der Waals surface area contributed by atoms with Crippen LogP contribution in [-0.2, 0) is 14.3 Å². The van der Waals surface area contributed by atoms with Gasteiger partial charge < -0.3 is 14.2 Å². The lowest BCUT2D eigenvalue weighted by atomic mass is 10.0. The maximum absolute atomic E-state index is 12.1. The van der Waals surface area contributed by atoms with Gasteiger partial charge in [0.15, 0.2) is 0 Å². The van der Waals surface area contributed by atoms with E-state index in [1.54, 1.807) is 44.2 Å². The summed E-state index contributed by atoms with van der Waals surface area (Å²) < 4.78 is 15.6. The van der Waals surface area contributed by atoms with Gasteiger partial charge in [-0.15, -0.1) is 0 Å². The highest BCUT2D eigenvalue weighted by atomic mass is 16.6. The number of hydrogen-bond acceptors (Lipinski definition) is 12. The summed E-state index contributed by atoms with van der Waals surface area (Å²) in [6, 6.07) is 19.3. The lowest BCUT2D eigenvalue weighted by Gasteiger charge is -2.12. The molecule has 0 bridgehead atoms. The van der Waals surface area contributed by atoms with Crippen LogP contribution in [0.1, 0.15) is 120 Å². The van der Waals surface area contributed by atoms with Gasteiger partial charge in [-0.25, -0.2) is 15.0 Å². The Morgan fingerprint density at radius 3 is 1.75 bits per heavy atom. The first kappa shape index (κ1) is 46.8. The summed E-state index contributed by atoms with van der Waals surface area (Å²) >= 11 is 0. The number of rotatable bonds is 23. The average Bonchev–Trinajstić information content (AvgIpc) is 3.21. The molecule has 0 saturated heterocycles. The molecule has 15 heteroatoms. The molecule has 2 amide bonds. The zero-order chi connectivity index (χ0) is 41.7. The Kier molecular flexibility index (Phi) is 23.1. The average molecular weight is 786 g/mol. The zero-order valence-corrected chi connectivity index (χ0v) is 33.2. The van der Waals surface area contributed by atoms with Gasteiger partial charge in [0.05, 0.1) is 40.6 Å². The van der Waals surface area contributed by atoms with Gasteiger partial charge in [-0.05, 0) is 74.4 Å². The van der Waals surface area contributed by atoms with Crippen molar-refractivity contribution in [2.24, 2.45) is 0 Å². The van der Waals surface area contributed by atoms with Crippen LogP contribution in [0, 0.1) is 39.7 Å². The van der Waals surface area contributed by atoms with E-state index in [0.717, 1.165) is 12.2 Å². The molecule has 3 aromatic rings. The lowest BCUT2D eigenvalue weighted by molar-refractivity contribution is -0.384. The van der Waals surface area contributed by atoms with Crippen LogP contribution in [0.4, 0.5) is 21.9 Å². The Balaban J connectivity index is 0.000000519. The standard InChI is InChI=1S/C32H44N4O3.C10H11N3O5/c1-3-4-5-6-7-8-9-10-11-12-13-14-15-16-21-38-29-17-19-30(20-18-29)39-32(37)36-35-31-23-28(25-34)27(24-33)22-26(31)2;1-2-18-10(15)9(14)12-11-7-3-5-8(6-4-7)13(16)17/h17-20,22-23,35H,3-16,21H2,1-2H3,(H,36,37);3-6,11H,2H2,1H3,(H,12,14). The van der Waals surface area contributed by atoms with E-state index in [2.05, 4.69) is 33.4 Å². The molecular formula is C42H55N7O8. The number of non-ortho nitro benzene ring substituents is 1. The van der Waals surface area contributed by atoms with Crippen molar-refractivity contribution in [1.29, 1.82) is 10.5 Å². The van der Waals surface area contributed by atoms with E-state index in [4.69, 9.17) is 14.7 Å². The Morgan fingerprint density at radius 2 is 1.23 bits per heavy atom. The van der Waals surface area contributed by atoms with Gasteiger partial charge in [0, 0.05) is 12.1 Å². The summed E-state index contributed by atoms with van der Waals surface area (Å²) in [7, 11) is 0. The van der Waals surface area contributed by atoms with Crippen LogP contribution in [0.25, 0.3) is 0 Å². The van der Waals surface area contributed by atoms with Crippen LogP contribution < -0.4 is 31.2 Å². The van der Waals surface area contributed by atoms with E-state index < -0.39 is 22.9 Å². The second kappa shape index (κ2) is 28.1. The molecule has 0 unspecified atom stereocenters. The number of hydrazine groups is 2. The van der Waals surface area contributed by atoms with E-state index in [0.29, 0.717) is 29.3 Å². The van der Waals surface area contributed by atoms with Crippen LogP contribution >= 0.6 is 0 Å². The van der Waals surface area contributed by atoms with Crippen molar-refractivity contribution >= 4 is 35.0 Å². The van der Waals surface area contributed by atoms with Crippen molar-refractivity contribution in [3.05, 3.63) is 87.5 Å². The van der Waals surface area contributed by atoms with Crippen molar-refractivity contribution in [1.82, 2.24) is 10.9 Å². The maximum Gasteiger partial charge on any atom is 0.431 e. The van der Waals surface area contributed by atoms with Crippen molar-refractivity contribution in [2.45, 2.75) is 111 Å². The summed E-state index contributed by atoms with van der Waals surface area (Å²) in [5.74, 6) is -0.831. The Labute approximate surface area is 335 Å². The molecule has 0 aliphatic rings. The fourth-order valence-corrected chi connectivity index (χ4v) is 5.41. The molecule has 0 aliphatic carbocycles. The number of anilines is 2. The third kappa shape index (κ3) is 19.7. The van der Waals surface area contributed by atoms with E-state index in [9.17, 15) is 29.8 Å². The molecule has 0 aromatic heterocycles. The second-order valence-electron chi connectivity index (χ2n) is 13.1. The predicted molar refractivity (Wildman–Crippen MR) is 217 cm³/mol. The van der Waals surface area contributed by atoms with Crippen LogP contribution in [0.15, 0.2) is 60.7 Å². The summed E-state index contributed by atoms with van der Waals surface area (Å²) in [6.45, 7) is 6.40. The quantitative estimate of drug-likeness (QED) is 0.0232. The first-order chi connectivity index (χ1) is 27.6. The fourth-order valence-electron chi connectivity index (χ4n) is 5.41. The minimum Gasteiger partial charge on any atom is -0.494 e. The van der Waals surface area contributed by atoms with Crippen molar-refractivity contribution in [3.8, 4) is 23.6 Å². The van der Waals surface area contributed by atoms with Gasteiger partial charge in [0.25, 0.3) is 5.69 Å². The maximum atomic E-state index is 12.1. The van der Waals surface area contributed by atoms with Gasteiger partial charge in [-0.1, -0.05) is 90.4 Å². The van der Waals surface area contributed by atoms with Crippen LogP contribution in [-0.4, -0.2) is 36.1 Å². The molecular weight excluding hydrogens is 731 g/mol. The first-order valence-corrected chi connectivity index (χ1v) is 19.5. The van der Waals surface area contributed by atoms with Crippen molar-refractivity contribution < 1.29 is 33.5 Å². The summed E-state index contributed by atoms with van der Waals surface area (Å²) in [6.07, 6.45) is 17.9. The molecule has 0 spiro atoms. The molecule has 3 rings (SSSR count). The summed E-state index contributed by atoms with van der Waals surface area (Å²) in [5, 5.41) is 28.7. The van der Waals surface area contributed by atoms with Crippen LogP contribution in [0.2, 0.25) is 0 Å². The smallest absolute Gasteiger partial charge is 0.431 e. The Hall–Kier alpha value is -6.35. The Morgan fingerprint density at radius 1 is 0.702 bits per heavy atom. The molecule has 15 nitrogen and oxygen atoms in total. The summed E-state index contributed by atoms with van der Waals surface area (Å²) in [4.78, 5) is 44.1. The largest absolute Gasteiger partial charge is 0.494 e. The van der Waals surface area contributed by atoms with E-state index in [1.807, 2.05) is 12.1 Å². The monoisotopic (exact) mass is 785 g/mol. The number of nitriles is 2. The van der Waals surface area contributed by atoms with E-state index >= 15 is 0 Å². The predicted octanol–water partition coefficient (Wildman–Crippen LogP) is 9.31. The fraction of sp³-hybridized carbons (Fsp3) is 0.452. The second-order valence-corrected chi connectivity index (χ2v) is 13.1. The van der Waals surface area contributed by atoms with Gasteiger partial charge in [-0.3, -0.25) is 31.2 Å². The molecule has 0 aliphatic heterocycles. The topological polar surface area (TPSA) is 218 Å². The van der Waals surface area contributed by atoms with E-state index in [1.165, 1.54) is 114 Å². The van der Waals surface area contributed by atoms with E-state index in [-0.39, 0.29) is 23.4 Å². The number of nitrogens with zero attached hydrogens (tertiary/aromatic N) is 3. The first-order valence-electron chi connectivity index (χ1n) is 19.5. The van der Waals surface area contributed by atoms with Crippen molar-refractivity contribution in [2.75, 3.05) is 24.1 Å². The number of amides is 2. The molecule has 0 fully saturated rings. The zero-order valence-electron chi connectivity index (χ0n) is 33.2. The van der Waals surface area contributed by atoms with Gasteiger partial charge in [0.2, 0.25) is 0 Å². The number of carbonyl (C=O) groups is 3. The number of aryl methyl sites for hydroxylation is 1. The highest BCUT2D eigenvalue weighted by Gasteiger charge is 2.14. The minimum absolute atomic E-state index is 0.0720. The number of carbonyl (C=O) groups excluding carboxylic acids is 3. The number of nitrogens with one attached hydrogen (secondary N) is 4. The van der Waals surface area contributed by atoms with Crippen LogP contribution in [0.3, 0.4) is 0 Å². The molecule has 4 N–H and O–H groups in total. The molecule has 57 heavy (non-hydrogen) atoms.